The van der Waals surface area contributed by atoms with Crippen molar-refractivity contribution in [3.8, 4) is 0 Å². The lowest BCUT2D eigenvalue weighted by atomic mass is 10.1. The Balaban J connectivity index is 2.45. The predicted octanol–water partition coefficient (Wildman–Crippen LogP) is 1.53. The Morgan fingerprint density at radius 2 is 2.12 bits per heavy atom. The largest absolute Gasteiger partial charge is 0.378 e. The van der Waals surface area contributed by atoms with Gasteiger partial charge in [0.25, 0.3) is 0 Å². The van der Waals surface area contributed by atoms with Crippen molar-refractivity contribution in [1.29, 1.82) is 0 Å². The van der Waals surface area contributed by atoms with Gasteiger partial charge in [-0.3, -0.25) is 4.79 Å². The lowest BCUT2D eigenvalue weighted by Crippen LogP contribution is -2.51. The van der Waals surface area contributed by atoms with Crippen LogP contribution in [0.4, 0.5) is 0 Å². The fourth-order valence-electron chi connectivity index (χ4n) is 2.13. The van der Waals surface area contributed by atoms with Crippen LogP contribution in [0.5, 0.6) is 0 Å². The Morgan fingerprint density at radius 1 is 1.41 bits per heavy atom. The molecule has 0 aliphatic carbocycles. The first-order valence-corrected chi connectivity index (χ1v) is 6.65. The second-order valence-electron chi connectivity index (χ2n) is 5.44. The molecule has 100 valence electrons. The SMILES string of the molecule is CCCOC1CCCN(C(=O)C(C)(C)N)CC1. The predicted molar refractivity (Wildman–Crippen MR) is 68.7 cm³/mol. The van der Waals surface area contributed by atoms with E-state index < -0.39 is 5.54 Å². The van der Waals surface area contributed by atoms with Gasteiger partial charge in [-0.1, -0.05) is 6.92 Å². The zero-order chi connectivity index (χ0) is 12.9. The molecule has 1 aliphatic heterocycles. The standard InChI is InChI=1S/C13H26N2O2/c1-4-10-17-11-6-5-8-15(9-7-11)12(16)13(2,3)14/h11H,4-10,14H2,1-3H3. The van der Waals surface area contributed by atoms with E-state index in [2.05, 4.69) is 6.92 Å². The lowest BCUT2D eigenvalue weighted by Gasteiger charge is -2.28. The minimum absolute atomic E-state index is 0.0497. The monoisotopic (exact) mass is 242 g/mol. The fourth-order valence-corrected chi connectivity index (χ4v) is 2.13. The first kappa shape index (κ1) is 14.5. The molecule has 1 rings (SSSR count). The summed E-state index contributed by atoms with van der Waals surface area (Å²) >= 11 is 0. The fraction of sp³-hybridized carbons (Fsp3) is 0.923. The maximum absolute atomic E-state index is 12.1. The molecule has 1 saturated heterocycles. The number of carbonyl (C=O) groups is 1. The first-order valence-electron chi connectivity index (χ1n) is 6.65. The van der Waals surface area contributed by atoms with E-state index in [4.69, 9.17) is 10.5 Å². The van der Waals surface area contributed by atoms with Gasteiger partial charge in [-0.25, -0.2) is 0 Å². The van der Waals surface area contributed by atoms with Gasteiger partial charge in [-0.2, -0.15) is 0 Å². The molecule has 0 aromatic carbocycles. The van der Waals surface area contributed by atoms with Crippen molar-refractivity contribution in [2.45, 2.75) is 58.1 Å². The molecule has 1 unspecified atom stereocenters. The van der Waals surface area contributed by atoms with E-state index in [1.807, 2.05) is 4.90 Å². The zero-order valence-electron chi connectivity index (χ0n) is 11.4. The highest BCUT2D eigenvalue weighted by atomic mass is 16.5. The van der Waals surface area contributed by atoms with E-state index in [1.54, 1.807) is 13.8 Å². The van der Waals surface area contributed by atoms with Crippen LogP contribution in [0.25, 0.3) is 0 Å². The highest BCUT2D eigenvalue weighted by Crippen LogP contribution is 2.16. The Bertz CT molecular complexity index is 248. The smallest absolute Gasteiger partial charge is 0.242 e. The molecule has 4 nitrogen and oxygen atoms in total. The van der Waals surface area contributed by atoms with E-state index >= 15 is 0 Å². The van der Waals surface area contributed by atoms with E-state index in [-0.39, 0.29) is 5.91 Å². The quantitative estimate of drug-likeness (QED) is 0.813. The molecule has 0 bridgehead atoms. The number of amides is 1. The van der Waals surface area contributed by atoms with E-state index in [0.29, 0.717) is 6.10 Å². The number of hydrogen-bond acceptors (Lipinski definition) is 3. The maximum Gasteiger partial charge on any atom is 0.242 e. The van der Waals surface area contributed by atoms with Gasteiger partial charge in [-0.05, 0) is 39.5 Å². The molecule has 1 aliphatic rings. The highest BCUT2D eigenvalue weighted by molar-refractivity contribution is 5.85. The molecular formula is C13H26N2O2. The third-order valence-electron chi connectivity index (χ3n) is 3.07. The molecule has 1 amide bonds. The summed E-state index contributed by atoms with van der Waals surface area (Å²) in [6.07, 6.45) is 4.36. The molecule has 0 radical (unpaired) electrons. The molecule has 17 heavy (non-hydrogen) atoms. The number of nitrogens with zero attached hydrogens (tertiary/aromatic N) is 1. The van der Waals surface area contributed by atoms with Crippen LogP contribution in [-0.2, 0) is 9.53 Å². The topological polar surface area (TPSA) is 55.6 Å². The molecule has 0 spiro atoms. The Hall–Kier alpha value is -0.610. The minimum atomic E-state index is -0.760. The molecule has 1 fully saturated rings. The van der Waals surface area contributed by atoms with Crippen LogP contribution in [0.15, 0.2) is 0 Å². The van der Waals surface area contributed by atoms with Crippen LogP contribution in [0, 0.1) is 0 Å². The van der Waals surface area contributed by atoms with Crippen molar-refractivity contribution in [3.05, 3.63) is 0 Å². The number of ether oxygens (including phenoxy) is 1. The van der Waals surface area contributed by atoms with Crippen molar-refractivity contribution < 1.29 is 9.53 Å². The average Bonchev–Trinajstić information content (AvgIpc) is 2.49. The summed E-state index contributed by atoms with van der Waals surface area (Å²) in [6, 6.07) is 0. The van der Waals surface area contributed by atoms with E-state index in [0.717, 1.165) is 45.4 Å². The van der Waals surface area contributed by atoms with Gasteiger partial charge >= 0.3 is 0 Å². The summed E-state index contributed by atoms with van der Waals surface area (Å²) in [6.45, 7) is 8.06. The number of hydrogen-bond donors (Lipinski definition) is 1. The van der Waals surface area contributed by atoms with Gasteiger partial charge in [0.1, 0.15) is 0 Å². The summed E-state index contributed by atoms with van der Waals surface area (Å²) in [5, 5.41) is 0. The molecular weight excluding hydrogens is 216 g/mol. The molecule has 0 aromatic heterocycles. The van der Waals surface area contributed by atoms with Crippen LogP contribution in [0.1, 0.15) is 46.5 Å². The second-order valence-corrected chi connectivity index (χ2v) is 5.44. The van der Waals surface area contributed by atoms with Gasteiger partial charge < -0.3 is 15.4 Å². The summed E-state index contributed by atoms with van der Waals surface area (Å²) in [5.74, 6) is 0.0497. The van der Waals surface area contributed by atoms with Gasteiger partial charge in [0.15, 0.2) is 0 Å². The molecule has 1 heterocycles. The minimum Gasteiger partial charge on any atom is -0.378 e. The van der Waals surface area contributed by atoms with Gasteiger partial charge in [0.05, 0.1) is 11.6 Å². The number of likely N-dealkylation sites (tertiary alicyclic amines) is 1. The van der Waals surface area contributed by atoms with Gasteiger partial charge in [0.2, 0.25) is 5.91 Å². The van der Waals surface area contributed by atoms with E-state index in [1.165, 1.54) is 0 Å². The maximum atomic E-state index is 12.1. The summed E-state index contributed by atoms with van der Waals surface area (Å²) in [7, 11) is 0. The summed E-state index contributed by atoms with van der Waals surface area (Å²) < 4.78 is 5.76. The van der Waals surface area contributed by atoms with Gasteiger partial charge in [-0.15, -0.1) is 0 Å². The number of carbonyl (C=O) groups excluding carboxylic acids is 1. The average molecular weight is 242 g/mol. The van der Waals surface area contributed by atoms with E-state index in [9.17, 15) is 4.79 Å². The second kappa shape index (κ2) is 6.36. The van der Waals surface area contributed by atoms with Crippen molar-refractivity contribution in [3.63, 3.8) is 0 Å². The first-order chi connectivity index (χ1) is 7.95. The number of rotatable bonds is 4. The normalized spacial score (nSPS) is 22.4. The van der Waals surface area contributed by atoms with Crippen molar-refractivity contribution in [1.82, 2.24) is 4.90 Å². The van der Waals surface area contributed by atoms with Crippen LogP contribution < -0.4 is 5.73 Å². The third-order valence-corrected chi connectivity index (χ3v) is 3.07. The highest BCUT2D eigenvalue weighted by Gasteiger charge is 2.29. The van der Waals surface area contributed by atoms with Crippen molar-refractivity contribution in [2.75, 3.05) is 19.7 Å². The Morgan fingerprint density at radius 3 is 2.71 bits per heavy atom. The molecule has 1 atom stereocenters. The zero-order valence-corrected chi connectivity index (χ0v) is 11.4. The molecule has 0 saturated carbocycles. The van der Waals surface area contributed by atoms with Crippen LogP contribution >= 0.6 is 0 Å². The number of nitrogens with two attached hydrogens (primary N) is 1. The molecule has 2 N–H and O–H groups in total. The van der Waals surface area contributed by atoms with Crippen LogP contribution in [-0.4, -0.2) is 42.1 Å². The van der Waals surface area contributed by atoms with Crippen molar-refractivity contribution in [2.24, 2.45) is 5.73 Å². The van der Waals surface area contributed by atoms with Crippen LogP contribution in [0.2, 0.25) is 0 Å². The lowest BCUT2D eigenvalue weighted by molar-refractivity contribution is -0.135. The van der Waals surface area contributed by atoms with Gasteiger partial charge in [0, 0.05) is 19.7 Å². The molecule has 4 heteroatoms. The Kier molecular flexibility index (Phi) is 5.40. The summed E-state index contributed by atoms with van der Waals surface area (Å²) in [5.41, 5.74) is 5.09. The Labute approximate surface area is 104 Å². The third kappa shape index (κ3) is 4.64. The van der Waals surface area contributed by atoms with Crippen LogP contribution in [0.3, 0.4) is 0 Å². The summed E-state index contributed by atoms with van der Waals surface area (Å²) in [4.78, 5) is 13.9. The van der Waals surface area contributed by atoms with Crippen molar-refractivity contribution >= 4 is 5.91 Å². The molecule has 0 aromatic rings.